The maximum Gasteiger partial charge on any atom is 1.00 e. The molecule has 0 saturated heterocycles. The van der Waals surface area contributed by atoms with Crippen molar-refractivity contribution in [2.75, 3.05) is 19.0 Å². The zero-order chi connectivity index (χ0) is 15.3. The molecule has 0 saturated carbocycles. The van der Waals surface area contributed by atoms with Gasteiger partial charge < -0.3 is 14.1 Å². The average Bonchev–Trinajstić information content (AvgIpc) is 2.33. The van der Waals surface area contributed by atoms with Crippen molar-refractivity contribution in [2.45, 2.75) is 64.7 Å². The number of carbonyl (C=O) groups excluding carboxylic acids is 1. The normalized spacial score (nSPS) is 11.1. The quantitative estimate of drug-likeness (QED) is 0.247. The Morgan fingerprint density at radius 3 is 1.90 bits per heavy atom. The molecule has 7 heteroatoms. The van der Waals surface area contributed by atoms with Gasteiger partial charge in [0.25, 0.3) is 0 Å². The third-order valence-electron chi connectivity index (χ3n) is 3.00. The van der Waals surface area contributed by atoms with Crippen LogP contribution >= 0.6 is 0 Å². The number of hydrogen-bond acceptors (Lipinski definition) is 5. The number of hydrogen-bond donors (Lipinski definition) is 0. The first-order chi connectivity index (χ1) is 9.42. The largest absolute Gasteiger partial charge is 1.00 e. The topological polar surface area (TPSA) is 83.5 Å². The second kappa shape index (κ2) is 15.4. The van der Waals surface area contributed by atoms with Gasteiger partial charge in [-0.2, -0.15) is 0 Å². The summed E-state index contributed by atoms with van der Waals surface area (Å²) in [5, 5.41) is 0. The molecule has 0 rings (SSSR count). The summed E-state index contributed by atoms with van der Waals surface area (Å²) in [4.78, 5) is 10.7. The molecule has 0 fully saturated rings. The van der Waals surface area contributed by atoms with E-state index in [0.29, 0.717) is 19.6 Å². The van der Waals surface area contributed by atoms with Crippen molar-refractivity contribution < 1.29 is 52.1 Å². The zero-order valence-corrected chi connectivity index (χ0v) is 16.3. The minimum atomic E-state index is -4.09. The molecule has 0 spiro atoms. The van der Waals surface area contributed by atoms with E-state index in [1.54, 1.807) is 6.92 Å². The van der Waals surface area contributed by atoms with Crippen LogP contribution in [0, 0.1) is 0 Å². The standard InChI is InChI=1S/C14H28O5S.Na/c1-14(15)10-7-5-3-2-4-6-8-11-19-12-9-13-20(16,17)18;/h2-13H2,1H3,(H,16,17,18);/q;+1/p-1. The van der Waals surface area contributed by atoms with E-state index in [4.69, 9.17) is 4.74 Å². The molecular formula is C14H27NaO5S. The van der Waals surface area contributed by atoms with Crippen LogP contribution in [0.3, 0.4) is 0 Å². The van der Waals surface area contributed by atoms with Crippen molar-refractivity contribution in [1.29, 1.82) is 0 Å². The van der Waals surface area contributed by atoms with Crippen molar-refractivity contribution >= 4 is 15.9 Å². The summed E-state index contributed by atoms with van der Waals surface area (Å²) in [7, 11) is -4.09. The van der Waals surface area contributed by atoms with Crippen LogP contribution in [0.2, 0.25) is 0 Å². The van der Waals surface area contributed by atoms with Crippen molar-refractivity contribution in [1.82, 2.24) is 0 Å². The predicted octanol–water partition coefficient (Wildman–Crippen LogP) is -0.348. The smallest absolute Gasteiger partial charge is 0.748 e. The molecule has 0 N–H and O–H groups in total. The van der Waals surface area contributed by atoms with Crippen LogP contribution in [-0.2, 0) is 19.6 Å². The molecule has 0 aliphatic carbocycles. The van der Waals surface area contributed by atoms with E-state index in [0.717, 1.165) is 25.7 Å². The van der Waals surface area contributed by atoms with Crippen LogP contribution < -0.4 is 29.6 Å². The summed E-state index contributed by atoms with van der Waals surface area (Å²) in [6.45, 7) is 2.60. The Kier molecular flexibility index (Phi) is 17.5. The van der Waals surface area contributed by atoms with Crippen LogP contribution in [0.1, 0.15) is 64.7 Å². The molecule has 0 amide bonds. The minimum absolute atomic E-state index is 0. The van der Waals surface area contributed by atoms with Crippen molar-refractivity contribution in [3.05, 3.63) is 0 Å². The van der Waals surface area contributed by atoms with Crippen LogP contribution in [0.4, 0.5) is 0 Å². The predicted molar refractivity (Wildman–Crippen MR) is 77.6 cm³/mol. The van der Waals surface area contributed by atoms with Crippen molar-refractivity contribution in [2.24, 2.45) is 0 Å². The first kappa shape index (κ1) is 23.8. The molecule has 0 aromatic rings. The maximum absolute atomic E-state index is 10.7. The molecule has 0 aromatic carbocycles. The monoisotopic (exact) mass is 330 g/mol. The van der Waals surface area contributed by atoms with Gasteiger partial charge in [0, 0.05) is 25.4 Å². The SMILES string of the molecule is CC(=O)CCCCCCCCCOCCCS(=O)(=O)[O-].[Na+]. The molecule has 0 atom stereocenters. The number of rotatable bonds is 14. The fraction of sp³-hybridized carbons (Fsp3) is 0.929. The van der Waals surface area contributed by atoms with Gasteiger partial charge in [-0.15, -0.1) is 0 Å². The Bertz CT molecular complexity index is 343. The van der Waals surface area contributed by atoms with E-state index >= 15 is 0 Å². The van der Waals surface area contributed by atoms with Gasteiger partial charge in [0.2, 0.25) is 0 Å². The fourth-order valence-electron chi connectivity index (χ4n) is 1.90. The molecule has 120 valence electrons. The number of unbranched alkanes of at least 4 members (excludes halogenated alkanes) is 6. The van der Waals surface area contributed by atoms with E-state index in [1.165, 1.54) is 19.3 Å². The number of ketones is 1. The van der Waals surface area contributed by atoms with Gasteiger partial charge in [-0.1, -0.05) is 32.1 Å². The first-order valence-electron chi connectivity index (χ1n) is 7.42. The Morgan fingerprint density at radius 2 is 1.38 bits per heavy atom. The van der Waals surface area contributed by atoms with Gasteiger partial charge in [0.05, 0.1) is 10.1 Å². The Hall–Kier alpha value is 0.540. The first-order valence-corrected chi connectivity index (χ1v) is 9.00. The van der Waals surface area contributed by atoms with Crippen LogP contribution in [-0.4, -0.2) is 37.7 Å². The number of carbonyl (C=O) groups is 1. The molecule has 0 radical (unpaired) electrons. The fourth-order valence-corrected chi connectivity index (χ4v) is 2.37. The molecule has 0 heterocycles. The Morgan fingerprint density at radius 1 is 0.905 bits per heavy atom. The molecule has 0 bridgehead atoms. The minimum Gasteiger partial charge on any atom is -0.748 e. The van der Waals surface area contributed by atoms with Crippen LogP contribution in [0.15, 0.2) is 0 Å². The van der Waals surface area contributed by atoms with Gasteiger partial charge in [0.1, 0.15) is 5.78 Å². The van der Waals surface area contributed by atoms with Crippen molar-refractivity contribution in [3.8, 4) is 0 Å². The molecule has 0 aliphatic heterocycles. The molecule has 0 unspecified atom stereocenters. The number of ether oxygens (including phenoxy) is 1. The second-order valence-corrected chi connectivity index (χ2v) is 6.68. The summed E-state index contributed by atoms with van der Waals surface area (Å²) in [6.07, 6.45) is 8.71. The van der Waals surface area contributed by atoms with Gasteiger partial charge in [0.15, 0.2) is 0 Å². The van der Waals surface area contributed by atoms with E-state index < -0.39 is 10.1 Å². The summed E-state index contributed by atoms with van der Waals surface area (Å²) in [6, 6.07) is 0. The Labute approximate surface area is 151 Å². The maximum atomic E-state index is 10.7. The Balaban J connectivity index is 0. The van der Waals surface area contributed by atoms with Gasteiger partial charge >= 0.3 is 29.6 Å². The molecule has 21 heavy (non-hydrogen) atoms. The van der Waals surface area contributed by atoms with E-state index in [-0.39, 0.29) is 47.5 Å². The number of Topliss-reactive ketones (excluding diaryl/α,β-unsaturated/α-hetero) is 1. The van der Waals surface area contributed by atoms with E-state index in [2.05, 4.69) is 0 Å². The van der Waals surface area contributed by atoms with Crippen LogP contribution in [0.5, 0.6) is 0 Å². The van der Waals surface area contributed by atoms with E-state index in [1.807, 2.05) is 0 Å². The van der Waals surface area contributed by atoms with Gasteiger partial charge in [-0.3, -0.25) is 0 Å². The summed E-state index contributed by atoms with van der Waals surface area (Å²) < 4.78 is 36.2. The van der Waals surface area contributed by atoms with E-state index in [9.17, 15) is 17.8 Å². The molecular weight excluding hydrogens is 303 g/mol. The third kappa shape index (κ3) is 22.9. The summed E-state index contributed by atoms with van der Waals surface area (Å²) >= 11 is 0. The average molecular weight is 330 g/mol. The summed E-state index contributed by atoms with van der Waals surface area (Å²) in [5.41, 5.74) is 0. The zero-order valence-electron chi connectivity index (χ0n) is 13.4. The summed E-state index contributed by atoms with van der Waals surface area (Å²) in [5.74, 6) is -0.0697. The van der Waals surface area contributed by atoms with Gasteiger partial charge in [-0.25, -0.2) is 8.42 Å². The van der Waals surface area contributed by atoms with Crippen LogP contribution in [0.25, 0.3) is 0 Å². The second-order valence-electron chi connectivity index (χ2n) is 5.15. The molecule has 5 nitrogen and oxygen atoms in total. The van der Waals surface area contributed by atoms with Gasteiger partial charge in [-0.05, 0) is 26.2 Å². The third-order valence-corrected chi connectivity index (χ3v) is 3.79. The van der Waals surface area contributed by atoms with Crippen molar-refractivity contribution in [3.63, 3.8) is 0 Å². The molecule has 0 aliphatic rings. The molecule has 0 aromatic heterocycles.